The van der Waals surface area contributed by atoms with Crippen molar-refractivity contribution in [3.8, 4) is 0 Å². The van der Waals surface area contributed by atoms with E-state index in [-0.39, 0.29) is 0 Å². The molecule has 0 spiro atoms. The molecule has 0 radical (unpaired) electrons. The highest BCUT2D eigenvalue weighted by Gasteiger charge is 2.12. The Morgan fingerprint density at radius 2 is 2.42 bits per heavy atom. The van der Waals surface area contributed by atoms with Gasteiger partial charge in [0, 0.05) is 13.1 Å². The van der Waals surface area contributed by atoms with E-state index in [9.17, 15) is 0 Å². The predicted octanol–water partition coefficient (Wildman–Crippen LogP) is 0.118. The summed E-state index contributed by atoms with van der Waals surface area (Å²) >= 11 is 0. The van der Waals surface area contributed by atoms with Crippen LogP contribution in [0.15, 0.2) is 9.52 Å². The lowest BCUT2D eigenvalue weighted by Crippen LogP contribution is -2.30. The summed E-state index contributed by atoms with van der Waals surface area (Å²) in [7, 11) is 0. The molecule has 0 bridgehead atoms. The first kappa shape index (κ1) is 7.27. The number of aryl methyl sites for hydroxylation is 1. The number of aliphatic imine (C=N–C) groups is 1. The Morgan fingerprint density at radius 1 is 1.50 bits per heavy atom. The lowest BCUT2D eigenvalue weighted by atomic mass is 10.3. The van der Waals surface area contributed by atoms with Crippen LogP contribution in [0.1, 0.15) is 18.1 Å². The van der Waals surface area contributed by atoms with Crippen LogP contribution in [0.25, 0.3) is 0 Å². The van der Waals surface area contributed by atoms with Gasteiger partial charge < -0.3 is 9.84 Å². The second kappa shape index (κ2) is 2.92. The lowest BCUT2D eigenvalue weighted by Gasteiger charge is -2.09. The van der Waals surface area contributed by atoms with Crippen LogP contribution in [0, 0.1) is 6.92 Å². The largest absolute Gasteiger partial charge is 0.366 e. The molecule has 0 unspecified atom stereocenters. The van der Waals surface area contributed by atoms with Crippen LogP contribution in [-0.2, 0) is 0 Å². The van der Waals surface area contributed by atoms with Crippen molar-refractivity contribution in [2.45, 2.75) is 13.3 Å². The maximum absolute atomic E-state index is 4.95. The zero-order chi connectivity index (χ0) is 8.39. The van der Waals surface area contributed by atoms with Crippen LogP contribution in [0.2, 0.25) is 0 Å². The number of nitrogens with one attached hydrogen (secondary N) is 1. The summed E-state index contributed by atoms with van der Waals surface area (Å²) in [5, 5.41) is 6.79. The third kappa shape index (κ3) is 1.30. The molecule has 12 heavy (non-hydrogen) atoms. The molecular formula is C7H10N4O. The van der Waals surface area contributed by atoms with Gasteiger partial charge in [-0.3, -0.25) is 4.99 Å². The molecule has 0 atom stereocenters. The number of aromatic nitrogens is 2. The fourth-order valence-corrected chi connectivity index (χ4v) is 1.07. The first-order valence-electron chi connectivity index (χ1n) is 3.95. The van der Waals surface area contributed by atoms with Gasteiger partial charge in [0.15, 0.2) is 11.7 Å². The average molecular weight is 166 g/mol. The summed E-state index contributed by atoms with van der Waals surface area (Å²) in [5.41, 5.74) is 0. The van der Waals surface area contributed by atoms with Gasteiger partial charge >= 0.3 is 0 Å². The first-order valence-corrected chi connectivity index (χ1v) is 3.95. The minimum atomic E-state index is 0.493. The standard InChI is InChI=1S/C7H10N4O/c1-5-10-7(12-11-5)6-8-3-2-4-9-6/h2-4H2,1H3,(H,8,9). The van der Waals surface area contributed by atoms with E-state index in [1.54, 1.807) is 6.92 Å². The van der Waals surface area contributed by atoms with Crippen molar-refractivity contribution >= 4 is 5.84 Å². The van der Waals surface area contributed by atoms with Crippen LogP contribution >= 0.6 is 0 Å². The number of rotatable bonds is 1. The lowest BCUT2D eigenvalue weighted by molar-refractivity contribution is 0.403. The molecular weight excluding hydrogens is 156 g/mol. The maximum atomic E-state index is 4.95. The summed E-state index contributed by atoms with van der Waals surface area (Å²) < 4.78 is 4.95. The molecule has 1 aliphatic heterocycles. The van der Waals surface area contributed by atoms with E-state index in [4.69, 9.17) is 4.52 Å². The molecule has 2 rings (SSSR count). The van der Waals surface area contributed by atoms with Gasteiger partial charge in [0.2, 0.25) is 0 Å². The summed E-state index contributed by atoms with van der Waals surface area (Å²) in [5.74, 6) is 1.86. The van der Waals surface area contributed by atoms with Crippen LogP contribution in [0.4, 0.5) is 0 Å². The molecule has 5 nitrogen and oxygen atoms in total. The van der Waals surface area contributed by atoms with Crippen molar-refractivity contribution in [3.63, 3.8) is 0 Å². The van der Waals surface area contributed by atoms with Gasteiger partial charge in [0.05, 0.1) is 0 Å². The van der Waals surface area contributed by atoms with Crippen LogP contribution in [-0.4, -0.2) is 29.1 Å². The second-order valence-electron chi connectivity index (χ2n) is 2.66. The summed E-state index contributed by atoms with van der Waals surface area (Å²) in [6, 6.07) is 0. The molecule has 2 heterocycles. The zero-order valence-corrected chi connectivity index (χ0v) is 6.87. The minimum absolute atomic E-state index is 0.493. The van der Waals surface area contributed by atoms with Crippen molar-refractivity contribution in [3.05, 3.63) is 11.7 Å². The van der Waals surface area contributed by atoms with Gasteiger partial charge in [-0.1, -0.05) is 5.16 Å². The van der Waals surface area contributed by atoms with Crippen molar-refractivity contribution < 1.29 is 4.52 Å². The Labute approximate surface area is 69.9 Å². The molecule has 1 aliphatic rings. The first-order chi connectivity index (χ1) is 5.86. The molecule has 5 heteroatoms. The molecule has 0 aliphatic carbocycles. The third-order valence-electron chi connectivity index (χ3n) is 1.63. The molecule has 1 aromatic rings. The second-order valence-corrected chi connectivity index (χ2v) is 2.66. The average Bonchev–Trinajstić information content (AvgIpc) is 2.54. The monoisotopic (exact) mass is 166 g/mol. The van der Waals surface area contributed by atoms with E-state index in [0.717, 1.165) is 25.3 Å². The quantitative estimate of drug-likeness (QED) is 0.643. The summed E-state index contributed by atoms with van der Waals surface area (Å²) in [4.78, 5) is 8.29. The molecule has 64 valence electrons. The number of nitrogens with zero attached hydrogens (tertiary/aromatic N) is 3. The third-order valence-corrected chi connectivity index (χ3v) is 1.63. The van der Waals surface area contributed by atoms with Gasteiger partial charge in [-0.05, 0) is 13.3 Å². The van der Waals surface area contributed by atoms with Crippen LogP contribution < -0.4 is 5.32 Å². The van der Waals surface area contributed by atoms with Gasteiger partial charge in [-0.25, -0.2) is 0 Å². The molecule has 0 aromatic carbocycles. The molecule has 1 aromatic heterocycles. The highest BCUT2D eigenvalue weighted by Crippen LogP contribution is 2.00. The van der Waals surface area contributed by atoms with Gasteiger partial charge in [-0.2, -0.15) is 4.98 Å². The highest BCUT2D eigenvalue weighted by molar-refractivity contribution is 5.94. The van der Waals surface area contributed by atoms with Crippen molar-refractivity contribution in [1.29, 1.82) is 0 Å². The van der Waals surface area contributed by atoms with E-state index < -0.39 is 0 Å². The maximum Gasteiger partial charge on any atom is 0.292 e. The number of hydrogen-bond donors (Lipinski definition) is 1. The smallest absolute Gasteiger partial charge is 0.292 e. The van der Waals surface area contributed by atoms with Crippen LogP contribution in [0.5, 0.6) is 0 Å². The van der Waals surface area contributed by atoms with E-state index >= 15 is 0 Å². The van der Waals surface area contributed by atoms with E-state index in [2.05, 4.69) is 20.4 Å². The molecule has 0 saturated heterocycles. The number of amidine groups is 1. The van der Waals surface area contributed by atoms with E-state index in [0.29, 0.717) is 11.7 Å². The zero-order valence-electron chi connectivity index (χ0n) is 6.87. The van der Waals surface area contributed by atoms with Gasteiger partial charge in [0.1, 0.15) is 0 Å². The SMILES string of the molecule is Cc1noc(C2=NCCCN2)n1. The van der Waals surface area contributed by atoms with E-state index in [1.807, 2.05) is 0 Å². The fraction of sp³-hybridized carbons (Fsp3) is 0.571. The Morgan fingerprint density at radius 3 is 3.00 bits per heavy atom. The Bertz CT molecular complexity index is 304. The van der Waals surface area contributed by atoms with Crippen molar-refractivity contribution in [2.75, 3.05) is 13.1 Å². The van der Waals surface area contributed by atoms with Crippen LogP contribution in [0.3, 0.4) is 0 Å². The number of hydrogen-bond acceptors (Lipinski definition) is 5. The molecule has 1 N–H and O–H groups in total. The minimum Gasteiger partial charge on any atom is -0.366 e. The Kier molecular flexibility index (Phi) is 1.77. The van der Waals surface area contributed by atoms with Crippen molar-refractivity contribution in [1.82, 2.24) is 15.5 Å². The van der Waals surface area contributed by atoms with Gasteiger partial charge in [-0.15, -0.1) is 0 Å². The van der Waals surface area contributed by atoms with Gasteiger partial charge in [0.25, 0.3) is 5.89 Å². The fourth-order valence-electron chi connectivity index (χ4n) is 1.07. The van der Waals surface area contributed by atoms with Crippen molar-refractivity contribution in [2.24, 2.45) is 4.99 Å². The predicted molar refractivity (Wildman–Crippen MR) is 43.1 cm³/mol. The Hall–Kier alpha value is -1.39. The normalized spacial score (nSPS) is 16.9. The summed E-state index contributed by atoms with van der Waals surface area (Å²) in [6.07, 6.45) is 1.07. The molecule has 0 amide bonds. The van der Waals surface area contributed by atoms with E-state index in [1.165, 1.54) is 0 Å². The molecule has 0 fully saturated rings. The topological polar surface area (TPSA) is 63.3 Å². The highest BCUT2D eigenvalue weighted by atomic mass is 16.5. The molecule has 0 saturated carbocycles. The summed E-state index contributed by atoms with van der Waals surface area (Å²) in [6.45, 7) is 3.56. The Balaban J connectivity index is 2.23.